The lowest BCUT2D eigenvalue weighted by atomic mass is 9.41. The van der Waals surface area contributed by atoms with Gasteiger partial charge in [-0.2, -0.15) is 0 Å². The summed E-state index contributed by atoms with van der Waals surface area (Å²) in [5.41, 5.74) is -2.86. The molecule has 0 unspecified atom stereocenters. The molecule has 6 aliphatic rings. The summed E-state index contributed by atoms with van der Waals surface area (Å²) in [5, 5.41) is 55.0. The summed E-state index contributed by atoms with van der Waals surface area (Å²) in [6.45, 7) is 3.98. The molecule has 10 nitrogen and oxygen atoms in total. The summed E-state index contributed by atoms with van der Waals surface area (Å²) in [6.07, 6.45) is 0.689. The van der Waals surface area contributed by atoms with Crippen molar-refractivity contribution in [3.8, 4) is 0 Å². The molecule has 0 aromatic heterocycles. The number of carbonyl (C=O) groups is 2. The molecular weight excluding hydrogens is 508 g/mol. The number of fused-ring (bicyclic) bond motifs is 5. The first-order valence-corrected chi connectivity index (χ1v) is 14.5. The second kappa shape index (κ2) is 9.31. The van der Waals surface area contributed by atoms with Crippen molar-refractivity contribution in [3.05, 3.63) is 11.6 Å². The van der Waals surface area contributed by atoms with E-state index in [1.165, 1.54) is 0 Å². The van der Waals surface area contributed by atoms with Gasteiger partial charge in [-0.15, -0.1) is 0 Å². The molecule has 0 amide bonds. The number of aldehydes is 1. The second-order valence-electron chi connectivity index (χ2n) is 13.4. The molecule has 2 aliphatic heterocycles. The van der Waals surface area contributed by atoms with Crippen LogP contribution in [0.1, 0.15) is 71.6 Å². The van der Waals surface area contributed by atoms with E-state index in [1.807, 2.05) is 0 Å². The van der Waals surface area contributed by atoms with Crippen molar-refractivity contribution in [1.82, 2.24) is 0 Å². The number of aliphatic hydroxyl groups excluding tert-OH is 3. The third-order valence-electron chi connectivity index (χ3n) is 12.0. The van der Waals surface area contributed by atoms with Gasteiger partial charge in [-0.25, -0.2) is 4.79 Å². The number of aliphatic hydroxyl groups is 5. The van der Waals surface area contributed by atoms with E-state index in [-0.39, 0.29) is 36.8 Å². The van der Waals surface area contributed by atoms with Crippen LogP contribution in [-0.4, -0.2) is 92.4 Å². The number of rotatable bonds is 4. The third kappa shape index (κ3) is 3.78. The molecule has 6 rings (SSSR count). The first kappa shape index (κ1) is 27.8. The Morgan fingerprint density at radius 3 is 2.41 bits per heavy atom. The Balaban J connectivity index is 1.22. The van der Waals surface area contributed by atoms with E-state index in [2.05, 4.69) is 6.92 Å². The van der Waals surface area contributed by atoms with Crippen LogP contribution in [0.2, 0.25) is 0 Å². The molecule has 39 heavy (non-hydrogen) atoms. The summed E-state index contributed by atoms with van der Waals surface area (Å²) >= 11 is 0. The van der Waals surface area contributed by atoms with Crippen LogP contribution in [-0.2, 0) is 23.8 Å². The molecule has 0 aromatic rings. The second-order valence-corrected chi connectivity index (χ2v) is 13.4. The predicted octanol–water partition coefficient (Wildman–Crippen LogP) is 0.750. The first-order valence-electron chi connectivity index (χ1n) is 14.5. The number of cyclic esters (lactones) is 1. The number of esters is 1. The fraction of sp³-hybridized carbons (Fsp3) is 0.862. The molecule has 4 aliphatic carbocycles. The van der Waals surface area contributed by atoms with Gasteiger partial charge in [0.15, 0.2) is 6.29 Å². The molecule has 2 heterocycles. The third-order valence-corrected chi connectivity index (χ3v) is 12.0. The van der Waals surface area contributed by atoms with Crippen molar-refractivity contribution in [1.29, 1.82) is 0 Å². The predicted molar refractivity (Wildman–Crippen MR) is 135 cm³/mol. The fourth-order valence-corrected chi connectivity index (χ4v) is 9.75. The van der Waals surface area contributed by atoms with E-state index in [0.717, 1.165) is 18.3 Å². The Morgan fingerprint density at radius 2 is 1.72 bits per heavy atom. The standard InChI is InChI=1S/C29H42O10/c1-15-22(32)23(33)24(34)25(38-15)39-17-3-8-27(14-30)19-4-7-26(2)18(16-11-21(31)37-13-16)6-10-29(26,36)20(19)5-9-28(27,35)12-17/h11,14-15,17-20,22-25,32-36H,3-10,12-13H2,1-2H3/t15-,17-,18+,19-,20-,22-,23+,24+,25+,26-,27+,28-,29-/m1/s1. The zero-order valence-corrected chi connectivity index (χ0v) is 22.7. The number of carbonyl (C=O) groups excluding carboxylic acids is 2. The maximum absolute atomic E-state index is 13.0. The minimum Gasteiger partial charge on any atom is -0.458 e. The zero-order chi connectivity index (χ0) is 28.0. The number of ether oxygens (including phenoxy) is 3. The molecule has 0 aromatic carbocycles. The van der Waals surface area contributed by atoms with Gasteiger partial charge >= 0.3 is 5.97 Å². The summed E-state index contributed by atoms with van der Waals surface area (Å²) < 4.78 is 16.9. The molecule has 0 spiro atoms. The maximum Gasteiger partial charge on any atom is 0.331 e. The number of hydrogen-bond donors (Lipinski definition) is 5. The summed E-state index contributed by atoms with van der Waals surface area (Å²) in [6, 6.07) is 0. The van der Waals surface area contributed by atoms with Crippen LogP contribution >= 0.6 is 0 Å². The van der Waals surface area contributed by atoms with Crippen molar-refractivity contribution in [2.24, 2.45) is 28.6 Å². The quantitative estimate of drug-likeness (QED) is 0.192. The minimum absolute atomic E-state index is 0.0465. The first-order chi connectivity index (χ1) is 18.4. The van der Waals surface area contributed by atoms with Crippen LogP contribution < -0.4 is 0 Å². The van der Waals surface area contributed by atoms with Crippen LogP contribution in [0.5, 0.6) is 0 Å². The van der Waals surface area contributed by atoms with E-state index < -0.39 is 58.8 Å². The lowest BCUT2D eigenvalue weighted by molar-refractivity contribution is -0.317. The number of hydrogen-bond acceptors (Lipinski definition) is 10. The Kier molecular flexibility index (Phi) is 6.62. The highest BCUT2D eigenvalue weighted by Crippen LogP contribution is 2.70. The van der Waals surface area contributed by atoms with Crippen LogP contribution in [0.25, 0.3) is 0 Å². The normalized spacial score (nSPS) is 55.2. The SMILES string of the molecule is C[C@H]1O[C@@H](O[C@@H]2CC[C@]3(C=O)[C@@H]4CC[C@]5(C)[C@H](C6=CC(=O)OC6)CC[C@@]5(O)[C@@H]4CC[C@@]3(O)C2)[C@@H](O)[C@@H](O)[C@@H]1O. The minimum atomic E-state index is -1.43. The zero-order valence-electron chi connectivity index (χ0n) is 22.7. The highest BCUT2D eigenvalue weighted by molar-refractivity contribution is 5.85. The fourth-order valence-electron chi connectivity index (χ4n) is 9.75. The van der Waals surface area contributed by atoms with E-state index in [9.17, 15) is 35.1 Å². The lowest BCUT2D eigenvalue weighted by Gasteiger charge is -2.65. The van der Waals surface area contributed by atoms with E-state index in [1.54, 1.807) is 13.0 Å². The maximum atomic E-state index is 13.0. The average molecular weight is 551 g/mol. The van der Waals surface area contributed by atoms with Gasteiger partial charge in [0.1, 0.15) is 31.2 Å². The van der Waals surface area contributed by atoms with Crippen LogP contribution in [0.4, 0.5) is 0 Å². The Labute approximate surface area is 228 Å². The molecule has 5 N–H and O–H groups in total. The van der Waals surface area contributed by atoms with Crippen molar-refractivity contribution in [2.45, 2.75) is 120 Å². The summed E-state index contributed by atoms with van der Waals surface area (Å²) in [5.74, 6) is -0.616. The van der Waals surface area contributed by atoms with Gasteiger partial charge in [0.05, 0.1) is 28.8 Å². The topological polar surface area (TPSA) is 163 Å². The van der Waals surface area contributed by atoms with Crippen LogP contribution in [0, 0.1) is 28.6 Å². The molecule has 1 saturated heterocycles. The van der Waals surface area contributed by atoms with Gasteiger partial charge in [0.2, 0.25) is 0 Å². The molecule has 0 radical (unpaired) electrons. The molecule has 218 valence electrons. The Hall–Kier alpha value is -1.40. The highest BCUT2D eigenvalue weighted by atomic mass is 16.7. The van der Waals surface area contributed by atoms with Gasteiger partial charge in [0.25, 0.3) is 0 Å². The molecular formula is C29H42O10. The monoisotopic (exact) mass is 550 g/mol. The van der Waals surface area contributed by atoms with Crippen molar-refractivity contribution in [2.75, 3.05) is 6.61 Å². The van der Waals surface area contributed by atoms with Crippen molar-refractivity contribution in [3.63, 3.8) is 0 Å². The average Bonchev–Trinajstić information content (AvgIpc) is 3.45. The van der Waals surface area contributed by atoms with Gasteiger partial charge in [-0.05, 0) is 81.6 Å². The van der Waals surface area contributed by atoms with Gasteiger partial charge in [-0.1, -0.05) is 6.92 Å². The molecule has 13 atom stereocenters. The Morgan fingerprint density at radius 1 is 0.974 bits per heavy atom. The van der Waals surface area contributed by atoms with Crippen molar-refractivity contribution >= 4 is 12.3 Å². The molecule has 0 bridgehead atoms. The molecule has 10 heteroatoms. The van der Waals surface area contributed by atoms with E-state index in [0.29, 0.717) is 44.9 Å². The molecule has 4 saturated carbocycles. The van der Waals surface area contributed by atoms with Crippen LogP contribution in [0.15, 0.2) is 11.6 Å². The largest absolute Gasteiger partial charge is 0.458 e. The van der Waals surface area contributed by atoms with E-state index >= 15 is 0 Å². The molecule has 5 fully saturated rings. The van der Waals surface area contributed by atoms with Crippen molar-refractivity contribution < 1.29 is 49.3 Å². The Bertz CT molecular complexity index is 1050. The van der Waals surface area contributed by atoms with Gasteiger partial charge in [-0.3, -0.25) is 0 Å². The lowest BCUT2D eigenvalue weighted by Crippen LogP contribution is -2.69. The van der Waals surface area contributed by atoms with Crippen LogP contribution in [0.3, 0.4) is 0 Å². The van der Waals surface area contributed by atoms with E-state index in [4.69, 9.17) is 14.2 Å². The summed E-state index contributed by atoms with van der Waals surface area (Å²) in [7, 11) is 0. The smallest absolute Gasteiger partial charge is 0.331 e. The van der Waals surface area contributed by atoms with Gasteiger partial charge in [0, 0.05) is 17.9 Å². The summed E-state index contributed by atoms with van der Waals surface area (Å²) in [4.78, 5) is 24.8. The van der Waals surface area contributed by atoms with Gasteiger partial charge < -0.3 is 44.5 Å². The highest BCUT2D eigenvalue weighted by Gasteiger charge is 2.71.